The Morgan fingerprint density at radius 2 is 2.33 bits per heavy atom. The van der Waals surface area contributed by atoms with Gasteiger partial charge in [0.25, 0.3) is 0 Å². The fourth-order valence-corrected chi connectivity index (χ4v) is 2.08. The maximum atomic E-state index is 10.8. The number of aromatic nitrogens is 2. The number of hydrogen-bond acceptors (Lipinski definition) is 3. The van der Waals surface area contributed by atoms with E-state index in [1.807, 2.05) is 24.3 Å². The highest BCUT2D eigenvalue weighted by atomic mass is 79.9. The van der Waals surface area contributed by atoms with Crippen molar-refractivity contribution in [3.8, 4) is 17.0 Å². The molecule has 0 unspecified atom stereocenters. The molecule has 18 heavy (non-hydrogen) atoms. The van der Waals surface area contributed by atoms with E-state index in [9.17, 15) is 4.79 Å². The van der Waals surface area contributed by atoms with Crippen molar-refractivity contribution >= 4 is 21.9 Å². The Bertz CT molecular complexity index is 580. The summed E-state index contributed by atoms with van der Waals surface area (Å²) in [4.78, 5) is 17.9. The Morgan fingerprint density at radius 3 is 3.00 bits per heavy atom. The number of ether oxygens (including phenoxy) is 1. The summed E-state index contributed by atoms with van der Waals surface area (Å²) in [6, 6.07) is 7.33. The second kappa shape index (κ2) is 5.22. The number of aliphatic carboxylic acids is 1. The van der Waals surface area contributed by atoms with Gasteiger partial charge < -0.3 is 14.8 Å². The number of benzene rings is 1. The quantitative estimate of drug-likeness (QED) is 0.909. The maximum Gasteiger partial charge on any atom is 0.309 e. The molecule has 0 bridgehead atoms. The summed E-state index contributed by atoms with van der Waals surface area (Å²) in [7, 11) is 1.58. The van der Waals surface area contributed by atoms with E-state index in [-0.39, 0.29) is 6.42 Å². The highest BCUT2D eigenvalue weighted by Crippen LogP contribution is 2.27. The van der Waals surface area contributed by atoms with E-state index in [0.29, 0.717) is 21.9 Å². The predicted octanol–water partition coefficient (Wildman–Crippen LogP) is 2.47. The molecule has 1 aromatic heterocycles. The molecule has 0 radical (unpaired) electrons. The third kappa shape index (κ3) is 2.70. The first-order valence-electron chi connectivity index (χ1n) is 5.20. The number of halogens is 1. The number of carbonyl (C=O) groups is 1. The van der Waals surface area contributed by atoms with Crippen LogP contribution < -0.4 is 4.74 Å². The Balaban J connectivity index is 2.45. The van der Waals surface area contributed by atoms with Crippen LogP contribution in [0.25, 0.3) is 11.3 Å². The minimum atomic E-state index is -0.907. The van der Waals surface area contributed by atoms with E-state index in [0.717, 1.165) is 5.56 Å². The zero-order valence-electron chi connectivity index (χ0n) is 9.61. The molecular weight excluding hydrogens is 300 g/mol. The van der Waals surface area contributed by atoms with Crippen molar-refractivity contribution in [1.29, 1.82) is 0 Å². The van der Waals surface area contributed by atoms with Gasteiger partial charge >= 0.3 is 5.97 Å². The average Bonchev–Trinajstić information content (AvgIpc) is 2.69. The molecule has 2 rings (SSSR count). The number of nitrogens with zero attached hydrogens (tertiary/aromatic N) is 1. The van der Waals surface area contributed by atoms with Gasteiger partial charge in [0.05, 0.1) is 24.9 Å². The van der Waals surface area contributed by atoms with E-state index in [2.05, 4.69) is 25.9 Å². The SMILES string of the molecule is COc1cccc(-c2nc(Br)[nH]c2CC(=O)O)c1. The van der Waals surface area contributed by atoms with E-state index >= 15 is 0 Å². The molecule has 0 aliphatic heterocycles. The number of carboxylic acids is 1. The van der Waals surface area contributed by atoms with Crippen molar-refractivity contribution in [2.24, 2.45) is 0 Å². The monoisotopic (exact) mass is 310 g/mol. The van der Waals surface area contributed by atoms with Crippen molar-refractivity contribution in [3.63, 3.8) is 0 Å². The number of rotatable bonds is 4. The van der Waals surface area contributed by atoms with Gasteiger partial charge in [0, 0.05) is 5.56 Å². The van der Waals surface area contributed by atoms with Gasteiger partial charge in [-0.25, -0.2) is 4.98 Å². The lowest BCUT2D eigenvalue weighted by Crippen LogP contribution is -2.01. The summed E-state index contributed by atoms with van der Waals surface area (Å²) in [5, 5.41) is 8.86. The molecule has 0 amide bonds. The molecule has 6 heteroatoms. The number of H-pyrrole nitrogens is 1. The zero-order valence-corrected chi connectivity index (χ0v) is 11.2. The second-order valence-corrected chi connectivity index (χ2v) is 4.41. The summed E-state index contributed by atoms with van der Waals surface area (Å²) in [5.74, 6) is -0.205. The first kappa shape index (κ1) is 12.6. The standard InChI is InChI=1S/C12H11BrN2O3/c1-18-8-4-2-3-7(5-8)11-9(6-10(16)17)14-12(13)15-11/h2-5H,6H2,1H3,(H,14,15)(H,16,17). The third-order valence-electron chi connectivity index (χ3n) is 2.42. The zero-order chi connectivity index (χ0) is 13.1. The second-order valence-electron chi connectivity index (χ2n) is 3.66. The van der Waals surface area contributed by atoms with Crippen LogP contribution >= 0.6 is 15.9 Å². The summed E-state index contributed by atoms with van der Waals surface area (Å²) in [6.07, 6.45) is -0.106. The van der Waals surface area contributed by atoms with Crippen LogP contribution in [-0.2, 0) is 11.2 Å². The van der Waals surface area contributed by atoms with Crippen LogP contribution in [0.15, 0.2) is 29.0 Å². The number of hydrogen-bond donors (Lipinski definition) is 2. The maximum absolute atomic E-state index is 10.8. The largest absolute Gasteiger partial charge is 0.497 e. The first-order chi connectivity index (χ1) is 8.60. The van der Waals surface area contributed by atoms with E-state index in [1.54, 1.807) is 7.11 Å². The van der Waals surface area contributed by atoms with E-state index in [1.165, 1.54) is 0 Å². The van der Waals surface area contributed by atoms with Gasteiger partial charge in [-0.05, 0) is 28.1 Å². The number of carboxylic acid groups (broad SMARTS) is 1. The fourth-order valence-electron chi connectivity index (χ4n) is 1.67. The van der Waals surface area contributed by atoms with Gasteiger partial charge in [-0.1, -0.05) is 12.1 Å². The van der Waals surface area contributed by atoms with E-state index in [4.69, 9.17) is 9.84 Å². The normalized spacial score (nSPS) is 10.3. The van der Waals surface area contributed by atoms with Crippen molar-refractivity contribution in [3.05, 3.63) is 34.7 Å². The highest BCUT2D eigenvalue weighted by molar-refractivity contribution is 9.10. The smallest absolute Gasteiger partial charge is 0.309 e. The van der Waals surface area contributed by atoms with Crippen molar-refractivity contribution in [2.75, 3.05) is 7.11 Å². The van der Waals surface area contributed by atoms with Gasteiger partial charge in [-0.2, -0.15) is 0 Å². The fraction of sp³-hybridized carbons (Fsp3) is 0.167. The number of aromatic amines is 1. The van der Waals surface area contributed by atoms with Crippen LogP contribution in [-0.4, -0.2) is 28.2 Å². The van der Waals surface area contributed by atoms with Crippen LogP contribution in [0.4, 0.5) is 0 Å². The summed E-state index contributed by atoms with van der Waals surface area (Å²) in [6.45, 7) is 0. The predicted molar refractivity (Wildman–Crippen MR) is 69.6 cm³/mol. The van der Waals surface area contributed by atoms with Gasteiger partial charge in [0.2, 0.25) is 0 Å². The Morgan fingerprint density at radius 1 is 1.56 bits per heavy atom. The molecule has 5 nitrogen and oxygen atoms in total. The van der Waals surface area contributed by atoms with Crippen molar-refractivity contribution in [2.45, 2.75) is 6.42 Å². The molecule has 1 heterocycles. The molecule has 1 aromatic carbocycles. The molecule has 0 saturated heterocycles. The molecule has 0 aliphatic rings. The summed E-state index contributed by atoms with van der Waals surface area (Å²) < 4.78 is 5.65. The molecule has 2 N–H and O–H groups in total. The molecule has 0 aliphatic carbocycles. The third-order valence-corrected chi connectivity index (χ3v) is 2.80. The van der Waals surface area contributed by atoms with Crippen LogP contribution in [0.2, 0.25) is 0 Å². The molecule has 94 valence electrons. The average molecular weight is 311 g/mol. The van der Waals surface area contributed by atoms with Crippen molar-refractivity contribution in [1.82, 2.24) is 9.97 Å². The Hall–Kier alpha value is -1.82. The van der Waals surface area contributed by atoms with Crippen LogP contribution in [0, 0.1) is 0 Å². The molecule has 0 fully saturated rings. The van der Waals surface area contributed by atoms with Gasteiger partial charge in [-0.15, -0.1) is 0 Å². The van der Waals surface area contributed by atoms with Crippen LogP contribution in [0.3, 0.4) is 0 Å². The topological polar surface area (TPSA) is 75.2 Å². The molecule has 2 aromatic rings. The van der Waals surface area contributed by atoms with E-state index < -0.39 is 5.97 Å². The lowest BCUT2D eigenvalue weighted by Gasteiger charge is -2.03. The summed E-state index contributed by atoms with van der Waals surface area (Å²) in [5.41, 5.74) is 1.98. The van der Waals surface area contributed by atoms with Crippen LogP contribution in [0.5, 0.6) is 5.75 Å². The minimum Gasteiger partial charge on any atom is -0.497 e. The van der Waals surface area contributed by atoms with Gasteiger partial charge in [0.15, 0.2) is 4.73 Å². The highest BCUT2D eigenvalue weighted by Gasteiger charge is 2.14. The lowest BCUT2D eigenvalue weighted by atomic mass is 10.1. The van der Waals surface area contributed by atoms with Crippen molar-refractivity contribution < 1.29 is 14.6 Å². The Kier molecular flexibility index (Phi) is 3.66. The minimum absolute atomic E-state index is 0.106. The molecular formula is C12H11BrN2O3. The van der Waals surface area contributed by atoms with Gasteiger partial charge in [-0.3, -0.25) is 4.79 Å². The number of methoxy groups -OCH3 is 1. The number of nitrogens with one attached hydrogen (secondary N) is 1. The first-order valence-corrected chi connectivity index (χ1v) is 6.00. The van der Waals surface area contributed by atoms with Gasteiger partial charge in [0.1, 0.15) is 5.75 Å². The Labute approximate surface area is 112 Å². The van der Waals surface area contributed by atoms with Crippen LogP contribution in [0.1, 0.15) is 5.69 Å². The lowest BCUT2D eigenvalue weighted by molar-refractivity contribution is -0.136. The molecule has 0 saturated carbocycles. The number of imidazole rings is 1. The molecule has 0 atom stereocenters. The summed E-state index contributed by atoms with van der Waals surface area (Å²) >= 11 is 3.21. The molecule has 0 spiro atoms.